The Morgan fingerprint density at radius 2 is 1.64 bits per heavy atom. The molecule has 0 unspecified atom stereocenters. The van der Waals surface area contributed by atoms with Crippen molar-refractivity contribution in [3.63, 3.8) is 0 Å². The Kier molecular flexibility index (Phi) is 5.34. The quantitative estimate of drug-likeness (QED) is 0.618. The summed E-state index contributed by atoms with van der Waals surface area (Å²) < 4.78 is 5.21. The SMILES string of the molecule is Cc1ccc(C(=O)[C@@H](C)OC(=O)Cc2ccc(Cl)cc2)cc1. The van der Waals surface area contributed by atoms with Gasteiger partial charge in [-0.25, -0.2) is 0 Å². The van der Waals surface area contributed by atoms with Crippen LogP contribution >= 0.6 is 11.6 Å². The van der Waals surface area contributed by atoms with Gasteiger partial charge in [-0.2, -0.15) is 0 Å². The van der Waals surface area contributed by atoms with E-state index in [0.29, 0.717) is 10.6 Å². The van der Waals surface area contributed by atoms with Gasteiger partial charge in [-0.1, -0.05) is 53.6 Å². The highest BCUT2D eigenvalue weighted by molar-refractivity contribution is 6.30. The fourth-order valence-corrected chi connectivity index (χ4v) is 2.14. The second-order valence-electron chi connectivity index (χ2n) is 5.17. The van der Waals surface area contributed by atoms with Gasteiger partial charge in [0, 0.05) is 10.6 Å². The molecule has 0 amide bonds. The number of rotatable bonds is 5. The summed E-state index contributed by atoms with van der Waals surface area (Å²) in [6.07, 6.45) is -0.689. The second-order valence-corrected chi connectivity index (χ2v) is 5.60. The Morgan fingerprint density at radius 1 is 1.05 bits per heavy atom. The topological polar surface area (TPSA) is 43.4 Å². The average molecular weight is 317 g/mol. The van der Waals surface area contributed by atoms with Crippen LogP contribution in [0.15, 0.2) is 48.5 Å². The molecule has 2 aromatic carbocycles. The maximum atomic E-state index is 12.2. The van der Waals surface area contributed by atoms with Crippen molar-refractivity contribution in [2.45, 2.75) is 26.4 Å². The molecule has 4 heteroatoms. The minimum atomic E-state index is -0.803. The maximum absolute atomic E-state index is 12.2. The van der Waals surface area contributed by atoms with Crippen LogP contribution in [0.25, 0.3) is 0 Å². The number of carbonyl (C=O) groups is 2. The molecule has 0 saturated carbocycles. The molecular formula is C18H17ClO3. The lowest BCUT2D eigenvalue weighted by Gasteiger charge is -2.12. The molecule has 2 aromatic rings. The minimum Gasteiger partial charge on any atom is -0.454 e. The van der Waals surface area contributed by atoms with E-state index in [-0.39, 0.29) is 12.2 Å². The molecule has 114 valence electrons. The van der Waals surface area contributed by atoms with Crippen LogP contribution in [0.5, 0.6) is 0 Å². The number of ketones is 1. The van der Waals surface area contributed by atoms with E-state index in [0.717, 1.165) is 11.1 Å². The van der Waals surface area contributed by atoms with Crippen molar-refractivity contribution in [3.8, 4) is 0 Å². The van der Waals surface area contributed by atoms with Gasteiger partial charge in [0.05, 0.1) is 6.42 Å². The fourth-order valence-electron chi connectivity index (χ4n) is 2.01. The molecule has 0 heterocycles. The Hall–Kier alpha value is -2.13. The zero-order valence-corrected chi connectivity index (χ0v) is 13.3. The van der Waals surface area contributed by atoms with Crippen molar-refractivity contribution < 1.29 is 14.3 Å². The van der Waals surface area contributed by atoms with Gasteiger partial charge in [-0.15, -0.1) is 0 Å². The molecule has 0 spiro atoms. The number of carbonyl (C=O) groups excluding carboxylic acids is 2. The summed E-state index contributed by atoms with van der Waals surface area (Å²) in [4.78, 5) is 24.1. The Balaban J connectivity index is 1.94. The van der Waals surface area contributed by atoms with E-state index in [1.54, 1.807) is 43.3 Å². The largest absolute Gasteiger partial charge is 0.454 e. The van der Waals surface area contributed by atoms with Crippen LogP contribution in [0.1, 0.15) is 28.4 Å². The standard InChI is InChI=1S/C18H17ClO3/c1-12-3-7-15(8-4-12)18(21)13(2)22-17(20)11-14-5-9-16(19)10-6-14/h3-10,13H,11H2,1-2H3/t13-/m1/s1. The first kappa shape index (κ1) is 16.2. The zero-order chi connectivity index (χ0) is 16.1. The summed E-state index contributed by atoms with van der Waals surface area (Å²) in [6.45, 7) is 3.53. The molecule has 0 aliphatic heterocycles. The van der Waals surface area contributed by atoms with E-state index in [1.165, 1.54) is 0 Å². The highest BCUT2D eigenvalue weighted by atomic mass is 35.5. The Labute approximate surface area is 134 Å². The van der Waals surface area contributed by atoms with E-state index in [2.05, 4.69) is 0 Å². The zero-order valence-electron chi connectivity index (χ0n) is 12.5. The maximum Gasteiger partial charge on any atom is 0.310 e. The number of Topliss-reactive ketones (excluding diaryl/α,β-unsaturated/α-hetero) is 1. The molecule has 22 heavy (non-hydrogen) atoms. The van der Waals surface area contributed by atoms with E-state index < -0.39 is 12.1 Å². The third kappa shape index (κ3) is 4.43. The first-order valence-electron chi connectivity index (χ1n) is 7.00. The van der Waals surface area contributed by atoms with Gasteiger partial charge in [-0.3, -0.25) is 9.59 Å². The summed E-state index contributed by atoms with van der Waals surface area (Å²) in [5.41, 5.74) is 2.41. The van der Waals surface area contributed by atoms with Crippen molar-refractivity contribution in [1.29, 1.82) is 0 Å². The predicted octanol–water partition coefficient (Wildman–Crippen LogP) is 4.01. The van der Waals surface area contributed by atoms with Crippen LogP contribution < -0.4 is 0 Å². The van der Waals surface area contributed by atoms with Crippen LogP contribution in [0, 0.1) is 6.92 Å². The molecule has 0 bridgehead atoms. The lowest BCUT2D eigenvalue weighted by molar-refractivity contribution is -0.145. The highest BCUT2D eigenvalue weighted by Gasteiger charge is 2.19. The molecule has 0 aromatic heterocycles. The summed E-state index contributed by atoms with van der Waals surface area (Å²) in [7, 11) is 0. The molecule has 0 N–H and O–H groups in total. The molecule has 0 aliphatic rings. The number of esters is 1. The fraction of sp³-hybridized carbons (Fsp3) is 0.222. The van der Waals surface area contributed by atoms with Gasteiger partial charge < -0.3 is 4.74 Å². The lowest BCUT2D eigenvalue weighted by Crippen LogP contribution is -2.25. The van der Waals surface area contributed by atoms with Gasteiger partial charge in [0.2, 0.25) is 5.78 Å². The summed E-state index contributed by atoms with van der Waals surface area (Å²) in [5, 5.41) is 0.611. The number of halogens is 1. The summed E-state index contributed by atoms with van der Waals surface area (Å²) in [5.74, 6) is -0.639. The van der Waals surface area contributed by atoms with Crippen LogP contribution in [0.3, 0.4) is 0 Å². The normalized spacial score (nSPS) is 11.8. The molecule has 0 fully saturated rings. The van der Waals surface area contributed by atoms with Crippen LogP contribution in [-0.4, -0.2) is 17.9 Å². The van der Waals surface area contributed by atoms with Crippen molar-refractivity contribution >= 4 is 23.4 Å². The van der Waals surface area contributed by atoms with Crippen molar-refractivity contribution in [1.82, 2.24) is 0 Å². The second kappa shape index (κ2) is 7.23. The summed E-state index contributed by atoms with van der Waals surface area (Å²) >= 11 is 5.79. The van der Waals surface area contributed by atoms with Gasteiger partial charge >= 0.3 is 5.97 Å². The Bertz CT molecular complexity index is 660. The van der Waals surface area contributed by atoms with Crippen molar-refractivity contribution in [2.24, 2.45) is 0 Å². The van der Waals surface area contributed by atoms with Crippen molar-refractivity contribution in [3.05, 3.63) is 70.2 Å². The molecule has 0 saturated heterocycles. The molecular weight excluding hydrogens is 300 g/mol. The third-order valence-corrected chi connectivity index (χ3v) is 3.53. The van der Waals surface area contributed by atoms with E-state index in [4.69, 9.17) is 16.3 Å². The number of hydrogen-bond acceptors (Lipinski definition) is 3. The number of ether oxygens (including phenoxy) is 1. The minimum absolute atomic E-state index is 0.114. The van der Waals surface area contributed by atoms with E-state index in [9.17, 15) is 9.59 Å². The number of aryl methyl sites for hydroxylation is 1. The molecule has 3 nitrogen and oxygen atoms in total. The average Bonchev–Trinajstić information content (AvgIpc) is 2.49. The smallest absolute Gasteiger partial charge is 0.310 e. The Morgan fingerprint density at radius 3 is 2.23 bits per heavy atom. The number of hydrogen-bond donors (Lipinski definition) is 0. The molecule has 0 radical (unpaired) electrons. The van der Waals surface area contributed by atoms with E-state index in [1.807, 2.05) is 19.1 Å². The van der Waals surface area contributed by atoms with Crippen LogP contribution in [0.2, 0.25) is 5.02 Å². The molecule has 1 atom stereocenters. The first-order valence-corrected chi connectivity index (χ1v) is 7.38. The van der Waals surface area contributed by atoms with Crippen molar-refractivity contribution in [2.75, 3.05) is 0 Å². The predicted molar refractivity (Wildman–Crippen MR) is 86.2 cm³/mol. The molecule has 0 aliphatic carbocycles. The highest BCUT2D eigenvalue weighted by Crippen LogP contribution is 2.12. The summed E-state index contributed by atoms with van der Waals surface area (Å²) in [6, 6.07) is 14.1. The number of benzene rings is 2. The monoisotopic (exact) mass is 316 g/mol. The van der Waals surface area contributed by atoms with Crippen LogP contribution in [0.4, 0.5) is 0 Å². The first-order chi connectivity index (χ1) is 10.5. The van der Waals surface area contributed by atoms with Gasteiger partial charge in [0.1, 0.15) is 0 Å². The van der Waals surface area contributed by atoms with Gasteiger partial charge in [-0.05, 0) is 31.5 Å². The van der Waals surface area contributed by atoms with Gasteiger partial charge in [0.15, 0.2) is 6.10 Å². The van der Waals surface area contributed by atoms with E-state index >= 15 is 0 Å². The molecule has 2 rings (SSSR count). The van der Waals surface area contributed by atoms with Crippen LogP contribution in [-0.2, 0) is 16.0 Å². The van der Waals surface area contributed by atoms with Gasteiger partial charge in [0.25, 0.3) is 0 Å². The third-order valence-electron chi connectivity index (χ3n) is 3.28. The lowest BCUT2D eigenvalue weighted by atomic mass is 10.1.